The minimum atomic E-state index is -3.70. The highest BCUT2D eigenvalue weighted by Crippen LogP contribution is 2.23. The maximum Gasteiger partial charge on any atom is 0.261 e. The number of amides is 1. The number of anilines is 1. The van der Waals surface area contributed by atoms with E-state index in [-0.39, 0.29) is 17.4 Å². The first-order valence-corrected chi connectivity index (χ1v) is 9.50. The van der Waals surface area contributed by atoms with Crippen LogP contribution in [0.3, 0.4) is 0 Å². The van der Waals surface area contributed by atoms with Crippen LogP contribution in [0.1, 0.15) is 11.1 Å². The molecule has 0 spiro atoms. The van der Waals surface area contributed by atoms with E-state index in [4.69, 9.17) is 4.74 Å². The van der Waals surface area contributed by atoms with E-state index in [1.165, 1.54) is 12.1 Å². The Kier molecular flexibility index (Phi) is 6.41. The van der Waals surface area contributed by atoms with Crippen molar-refractivity contribution in [1.29, 1.82) is 0 Å². The number of sulfonamides is 1. The molecule has 0 radical (unpaired) electrons. The van der Waals surface area contributed by atoms with E-state index in [1.54, 1.807) is 31.2 Å². The van der Waals surface area contributed by atoms with Gasteiger partial charge in [-0.2, -0.15) is 0 Å². The third-order valence-corrected chi connectivity index (χ3v) is 4.94. The highest BCUT2D eigenvalue weighted by molar-refractivity contribution is 7.92. The monoisotopic (exact) mass is 374 g/mol. The lowest BCUT2D eigenvalue weighted by molar-refractivity contribution is -0.122. The van der Waals surface area contributed by atoms with Crippen LogP contribution in [0.15, 0.2) is 60.0 Å². The number of hydrogen-bond donors (Lipinski definition) is 2. The van der Waals surface area contributed by atoms with Crippen LogP contribution in [-0.4, -0.2) is 27.5 Å². The summed E-state index contributed by atoms with van der Waals surface area (Å²) in [7, 11) is -3.70. The van der Waals surface area contributed by atoms with Crippen molar-refractivity contribution in [3.05, 3.63) is 66.2 Å². The van der Waals surface area contributed by atoms with Crippen LogP contribution >= 0.6 is 0 Å². The summed E-state index contributed by atoms with van der Waals surface area (Å²) in [6.45, 7) is 7.38. The number of aryl methyl sites for hydroxylation is 2. The Labute approximate surface area is 153 Å². The van der Waals surface area contributed by atoms with Gasteiger partial charge in [-0.3, -0.25) is 9.52 Å². The smallest absolute Gasteiger partial charge is 0.261 e. The Hall–Kier alpha value is -2.80. The van der Waals surface area contributed by atoms with Gasteiger partial charge in [0.05, 0.1) is 4.90 Å². The standard InChI is InChI=1S/C19H22N2O4S/c1-4-11-20-19(22)13-25-18-10-9-17(12-15(18)3)26(23,24)21-16-7-5-14(2)6-8-16/h4-10,12,21H,1,11,13H2,2-3H3,(H,20,22). The minimum absolute atomic E-state index is 0.124. The molecule has 2 aromatic carbocycles. The molecule has 0 heterocycles. The molecule has 0 aliphatic rings. The van der Waals surface area contributed by atoms with Crippen LogP contribution in [0.5, 0.6) is 5.75 Å². The number of rotatable bonds is 8. The summed E-state index contributed by atoms with van der Waals surface area (Å²) in [6.07, 6.45) is 1.57. The van der Waals surface area contributed by atoms with Crippen molar-refractivity contribution in [3.63, 3.8) is 0 Å². The average Bonchev–Trinajstić information content (AvgIpc) is 2.60. The van der Waals surface area contributed by atoms with Crippen LogP contribution < -0.4 is 14.8 Å². The van der Waals surface area contributed by atoms with Crippen molar-refractivity contribution < 1.29 is 17.9 Å². The molecule has 6 nitrogen and oxygen atoms in total. The molecule has 0 bridgehead atoms. The fourth-order valence-electron chi connectivity index (χ4n) is 2.17. The van der Waals surface area contributed by atoms with Crippen molar-refractivity contribution in [3.8, 4) is 5.75 Å². The molecule has 2 N–H and O–H groups in total. The van der Waals surface area contributed by atoms with E-state index in [0.29, 0.717) is 23.5 Å². The van der Waals surface area contributed by atoms with Gasteiger partial charge in [0.2, 0.25) is 0 Å². The molecule has 1 amide bonds. The Morgan fingerprint density at radius 2 is 1.85 bits per heavy atom. The van der Waals surface area contributed by atoms with E-state index in [9.17, 15) is 13.2 Å². The molecule has 0 aliphatic heterocycles. The van der Waals surface area contributed by atoms with Gasteiger partial charge in [-0.15, -0.1) is 6.58 Å². The van der Waals surface area contributed by atoms with E-state index < -0.39 is 10.0 Å². The highest BCUT2D eigenvalue weighted by atomic mass is 32.2. The number of ether oxygens (including phenoxy) is 1. The van der Waals surface area contributed by atoms with Gasteiger partial charge in [0.25, 0.3) is 15.9 Å². The molecule has 0 unspecified atom stereocenters. The van der Waals surface area contributed by atoms with E-state index in [2.05, 4.69) is 16.6 Å². The summed E-state index contributed by atoms with van der Waals surface area (Å²) < 4.78 is 33.0. The molecule has 2 aromatic rings. The summed E-state index contributed by atoms with van der Waals surface area (Å²) in [4.78, 5) is 11.7. The molecular formula is C19H22N2O4S. The molecule has 26 heavy (non-hydrogen) atoms. The summed E-state index contributed by atoms with van der Waals surface area (Å²) in [5, 5.41) is 2.60. The lowest BCUT2D eigenvalue weighted by atomic mass is 10.2. The van der Waals surface area contributed by atoms with Gasteiger partial charge in [-0.05, 0) is 49.7 Å². The zero-order valence-corrected chi connectivity index (χ0v) is 15.6. The highest BCUT2D eigenvalue weighted by Gasteiger charge is 2.16. The molecule has 138 valence electrons. The molecule has 0 saturated heterocycles. The lowest BCUT2D eigenvalue weighted by Gasteiger charge is -2.12. The maximum atomic E-state index is 12.5. The Morgan fingerprint density at radius 3 is 2.46 bits per heavy atom. The van der Waals surface area contributed by atoms with Crippen LogP contribution in [0, 0.1) is 13.8 Å². The van der Waals surface area contributed by atoms with Crippen LogP contribution in [0.2, 0.25) is 0 Å². The van der Waals surface area contributed by atoms with Gasteiger partial charge in [0.15, 0.2) is 6.61 Å². The second-order valence-corrected chi connectivity index (χ2v) is 7.46. The third kappa shape index (κ3) is 5.35. The quantitative estimate of drug-likeness (QED) is 0.696. The first kappa shape index (κ1) is 19.5. The molecule has 0 saturated carbocycles. The summed E-state index contributed by atoms with van der Waals surface area (Å²) in [5.41, 5.74) is 2.16. The molecule has 2 rings (SSSR count). The summed E-state index contributed by atoms with van der Waals surface area (Å²) in [5.74, 6) is 0.176. The van der Waals surface area contributed by atoms with E-state index in [0.717, 1.165) is 5.56 Å². The van der Waals surface area contributed by atoms with Crippen molar-refractivity contribution in [2.75, 3.05) is 17.9 Å². The second-order valence-electron chi connectivity index (χ2n) is 5.78. The van der Waals surface area contributed by atoms with Crippen LogP contribution in [0.25, 0.3) is 0 Å². The van der Waals surface area contributed by atoms with Gasteiger partial charge >= 0.3 is 0 Å². The largest absolute Gasteiger partial charge is 0.484 e. The number of nitrogens with one attached hydrogen (secondary N) is 2. The molecule has 0 aromatic heterocycles. The molecule has 0 aliphatic carbocycles. The zero-order valence-electron chi connectivity index (χ0n) is 14.8. The van der Waals surface area contributed by atoms with Crippen LogP contribution in [0.4, 0.5) is 5.69 Å². The third-order valence-electron chi connectivity index (χ3n) is 3.56. The lowest BCUT2D eigenvalue weighted by Crippen LogP contribution is -2.28. The first-order valence-electron chi connectivity index (χ1n) is 8.02. The van der Waals surface area contributed by atoms with Gasteiger partial charge in [-0.1, -0.05) is 23.8 Å². The number of benzene rings is 2. The molecule has 7 heteroatoms. The Morgan fingerprint density at radius 1 is 1.15 bits per heavy atom. The van der Waals surface area contributed by atoms with Crippen molar-refractivity contribution in [2.24, 2.45) is 0 Å². The predicted octanol–water partition coefficient (Wildman–Crippen LogP) is 2.79. The Balaban J connectivity index is 2.08. The van der Waals surface area contributed by atoms with Gasteiger partial charge < -0.3 is 10.1 Å². The minimum Gasteiger partial charge on any atom is -0.484 e. The van der Waals surface area contributed by atoms with Gasteiger partial charge in [0, 0.05) is 12.2 Å². The van der Waals surface area contributed by atoms with Crippen molar-refractivity contribution in [2.45, 2.75) is 18.7 Å². The average molecular weight is 374 g/mol. The topological polar surface area (TPSA) is 84.5 Å². The van der Waals surface area contributed by atoms with Gasteiger partial charge in [0.1, 0.15) is 5.75 Å². The number of carbonyl (C=O) groups is 1. The summed E-state index contributed by atoms with van der Waals surface area (Å²) >= 11 is 0. The molecule has 0 atom stereocenters. The first-order chi connectivity index (χ1) is 12.3. The van der Waals surface area contributed by atoms with Crippen molar-refractivity contribution >= 4 is 21.6 Å². The Bertz CT molecular complexity index is 890. The summed E-state index contributed by atoms with van der Waals surface area (Å²) in [6, 6.07) is 11.6. The van der Waals surface area contributed by atoms with Crippen molar-refractivity contribution in [1.82, 2.24) is 5.32 Å². The molecule has 0 fully saturated rings. The van der Waals surface area contributed by atoms with Crippen LogP contribution in [-0.2, 0) is 14.8 Å². The number of carbonyl (C=O) groups excluding carboxylic acids is 1. The molecular weight excluding hydrogens is 352 g/mol. The second kappa shape index (κ2) is 8.53. The SMILES string of the molecule is C=CCNC(=O)COc1ccc(S(=O)(=O)Nc2ccc(C)cc2)cc1C. The van der Waals surface area contributed by atoms with E-state index >= 15 is 0 Å². The zero-order chi connectivity index (χ0) is 19.2. The van der Waals surface area contributed by atoms with Gasteiger partial charge in [-0.25, -0.2) is 8.42 Å². The maximum absolute atomic E-state index is 12.5. The fraction of sp³-hybridized carbons (Fsp3) is 0.211. The number of hydrogen-bond acceptors (Lipinski definition) is 4. The fourth-order valence-corrected chi connectivity index (χ4v) is 3.31. The predicted molar refractivity (Wildman–Crippen MR) is 102 cm³/mol. The normalized spacial score (nSPS) is 10.8. The van der Waals surface area contributed by atoms with E-state index in [1.807, 2.05) is 19.1 Å².